The van der Waals surface area contributed by atoms with Gasteiger partial charge in [-0.1, -0.05) is 6.07 Å². The highest BCUT2D eigenvalue weighted by atomic mass is 16.2. The zero-order chi connectivity index (χ0) is 19.7. The first-order chi connectivity index (χ1) is 13.5. The highest BCUT2D eigenvalue weighted by molar-refractivity contribution is 6.00. The summed E-state index contributed by atoms with van der Waals surface area (Å²) in [5.41, 5.74) is 1.89. The minimum atomic E-state index is -0.660. The molecule has 4 rings (SSSR count). The molecule has 4 heterocycles. The lowest BCUT2D eigenvalue weighted by molar-refractivity contribution is -0.120. The summed E-state index contributed by atoms with van der Waals surface area (Å²) in [6.45, 7) is 2.91. The van der Waals surface area contributed by atoms with Gasteiger partial charge in [-0.15, -0.1) is 5.10 Å². The van der Waals surface area contributed by atoms with E-state index < -0.39 is 11.9 Å². The predicted octanol–water partition coefficient (Wildman–Crippen LogP) is 0.391. The Bertz CT molecular complexity index is 1020. The quantitative estimate of drug-likeness (QED) is 0.701. The molecule has 3 aromatic heterocycles. The van der Waals surface area contributed by atoms with Gasteiger partial charge in [-0.2, -0.15) is 5.10 Å². The molecule has 1 aliphatic heterocycles. The summed E-state index contributed by atoms with van der Waals surface area (Å²) in [5.74, 6) is 0.0564. The van der Waals surface area contributed by atoms with Crippen molar-refractivity contribution in [1.29, 1.82) is 0 Å². The van der Waals surface area contributed by atoms with E-state index in [-0.39, 0.29) is 11.7 Å². The van der Waals surface area contributed by atoms with Crippen LogP contribution < -0.4 is 10.2 Å². The molecule has 0 radical (unpaired) electrons. The predicted molar refractivity (Wildman–Crippen MR) is 99.6 cm³/mol. The summed E-state index contributed by atoms with van der Waals surface area (Å²) >= 11 is 0. The number of fused-ring (bicyclic) bond motifs is 1. The van der Waals surface area contributed by atoms with Crippen LogP contribution in [0.25, 0.3) is 0 Å². The van der Waals surface area contributed by atoms with Gasteiger partial charge in [0, 0.05) is 31.5 Å². The number of carbonyl (C=O) groups excluding carboxylic acids is 2. The smallest absolute Gasteiger partial charge is 0.291 e. The molecule has 0 saturated carbocycles. The normalized spacial score (nSPS) is 16.6. The first-order valence-electron chi connectivity index (χ1n) is 8.93. The molecule has 0 unspecified atom stereocenters. The van der Waals surface area contributed by atoms with E-state index in [1.165, 1.54) is 11.2 Å². The fraction of sp³-hybridized carbons (Fsp3) is 0.333. The van der Waals surface area contributed by atoms with Crippen molar-refractivity contribution in [2.24, 2.45) is 0 Å². The van der Waals surface area contributed by atoms with E-state index in [0.29, 0.717) is 25.3 Å². The molecule has 2 amide bonds. The van der Waals surface area contributed by atoms with Crippen molar-refractivity contribution in [3.63, 3.8) is 0 Å². The Kier molecular flexibility index (Phi) is 4.60. The van der Waals surface area contributed by atoms with E-state index in [0.717, 1.165) is 11.3 Å². The van der Waals surface area contributed by atoms with Crippen LogP contribution in [0.5, 0.6) is 0 Å². The summed E-state index contributed by atoms with van der Waals surface area (Å²) in [6.07, 6.45) is 5.32. The molecular formula is C18H20N8O2. The van der Waals surface area contributed by atoms with Gasteiger partial charge in [0.1, 0.15) is 18.2 Å². The fourth-order valence-electron chi connectivity index (χ4n) is 3.20. The number of aromatic nitrogens is 6. The van der Waals surface area contributed by atoms with Crippen molar-refractivity contribution in [2.75, 3.05) is 11.9 Å². The third-order valence-corrected chi connectivity index (χ3v) is 4.79. The van der Waals surface area contributed by atoms with Crippen LogP contribution in [0.4, 0.5) is 5.82 Å². The van der Waals surface area contributed by atoms with Gasteiger partial charge < -0.3 is 5.32 Å². The number of hydrogen-bond acceptors (Lipinski definition) is 6. The molecule has 0 fully saturated rings. The number of hydrogen-bond donors (Lipinski definition) is 1. The number of likely N-dealkylation sites (N-methyl/N-ethyl adjacent to an activating group) is 1. The van der Waals surface area contributed by atoms with Crippen molar-refractivity contribution in [3.8, 4) is 0 Å². The van der Waals surface area contributed by atoms with E-state index >= 15 is 0 Å². The van der Waals surface area contributed by atoms with Crippen LogP contribution >= 0.6 is 0 Å². The standard InChI is InChI=1S/C18H20N8O2/c1-12-13(4-3-7-19-12)10-25-11-20-16(23-25)17(27)22-14-6-9-26-15(5-8-21-26)24(2)18(14)28/h3-5,7-8,11,14H,6,9-10H2,1-2H3,(H,22,27)/t14-/m0/s1. The molecule has 0 saturated heterocycles. The van der Waals surface area contributed by atoms with Crippen LogP contribution in [0.3, 0.4) is 0 Å². The third-order valence-electron chi connectivity index (χ3n) is 4.79. The molecule has 0 bridgehead atoms. The van der Waals surface area contributed by atoms with E-state index in [1.807, 2.05) is 19.1 Å². The number of amides is 2. The molecule has 1 aliphatic rings. The second-order valence-electron chi connectivity index (χ2n) is 6.64. The Morgan fingerprint density at radius 1 is 1.29 bits per heavy atom. The number of carbonyl (C=O) groups is 2. The molecule has 3 aromatic rings. The number of pyridine rings is 1. The van der Waals surface area contributed by atoms with E-state index in [2.05, 4.69) is 25.5 Å². The first kappa shape index (κ1) is 17.8. The summed E-state index contributed by atoms with van der Waals surface area (Å²) in [6, 6.07) is 4.91. The largest absolute Gasteiger partial charge is 0.337 e. The maximum absolute atomic E-state index is 12.7. The van der Waals surface area contributed by atoms with Crippen LogP contribution in [0.1, 0.15) is 28.3 Å². The van der Waals surface area contributed by atoms with E-state index in [4.69, 9.17) is 0 Å². The van der Waals surface area contributed by atoms with Gasteiger partial charge in [0.05, 0.1) is 12.7 Å². The van der Waals surface area contributed by atoms with Crippen LogP contribution in [-0.4, -0.2) is 54.4 Å². The zero-order valence-corrected chi connectivity index (χ0v) is 15.6. The fourth-order valence-corrected chi connectivity index (χ4v) is 3.20. The Morgan fingerprint density at radius 2 is 2.14 bits per heavy atom. The molecule has 0 spiro atoms. The lowest BCUT2D eigenvalue weighted by Crippen LogP contribution is -2.47. The van der Waals surface area contributed by atoms with Crippen molar-refractivity contribution in [3.05, 3.63) is 54.0 Å². The highest BCUT2D eigenvalue weighted by Crippen LogP contribution is 2.18. The van der Waals surface area contributed by atoms with Crippen LogP contribution in [0.15, 0.2) is 36.9 Å². The molecule has 144 valence electrons. The molecule has 10 nitrogen and oxygen atoms in total. The molecule has 10 heteroatoms. The van der Waals surface area contributed by atoms with Gasteiger partial charge in [-0.3, -0.25) is 19.5 Å². The molecule has 0 aromatic carbocycles. The average molecular weight is 380 g/mol. The molecule has 28 heavy (non-hydrogen) atoms. The second kappa shape index (κ2) is 7.22. The number of aryl methyl sites for hydroxylation is 2. The van der Waals surface area contributed by atoms with Crippen LogP contribution in [-0.2, 0) is 17.9 Å². The van der Waals surface area contributed by atoms with E-state index in [1.54, 1.807) is 34.9 Å². The Labute approximate surface area is 161 Å². The van der Waals surface area contributed by atoms with Crippen molar-refractivity contribution in [1.82, 2.24) is 34.8 Å². The maximum Gasteiger partial charge on any atom is 0.291 e. The van der Waals surface area contributed by atoms with Crippen molar-refractivity contribution in [2.45, 2.75) is 32.5 Å². The van der Waals surface area contributed by atoms with E-state index in [9.17, 15) is 9.59 Å². The Hall–Kier alpha value is -3.56. The second-order valence-corrected chi connectivity index (χ2v) is 6.64. The van der Waals surface area contributed by atoms with Crippen LogP contribution in [0, 0.1) is 6.92 Å². The van der Waals surface area contributed by atoms with Gasteiger partial charge in [0.15, 0.2) is 0 Å². The maximum atomic E-state index is 12.7. The van der Waals surface area contributed by atoms with Gasteiger partial charge >= 0.3 is 0 Å². The topological polar surface area (TPSA) is 111 Å². The zero-order valence-electron chi connectivity index (χ0n) is 15.6. The van der Waals surface area contributed by atoms with Gasteiger partial charge in [-0.25, -0.2) is 14.3 Å². The SMILES string of the molecule is Cc1ncccc1Cn1cnc(C(=O)N[C@H]2CCn3nccc3N(C)C2=O)n1. The summed E-state index contributed by atoms with van der Waals surface area (Å²) in [5, 5.41) is 11.2. The summed E-state index contributed by atoms with van der Waals surface area (Å²) in [4.78, 5) is 35.1. The highest BCUT2D eigenvalue weighted by Gasteiger charge is 2.30. The number of anilines is 1. The molecule has 1 atom stereocenters. The number of nitrogens with one attached hydrogen (secondary N) is 1. The Morgan fingerprint density at radius 3 is 2.96 bits per heavy atom. The number of nitrogens with zero attached hydrogens (tertiary/aromatic N) is 7. The minimum absolute atomic E-state index is 0.0268. The summed E-state index contributed by atoms with van der Waals surface area (Å²) < 4.78 is 3.32. The lowest BCUT2D eigenvalue weighted by Gasteiger charge is -2.19. The Balaban J connectivity index is 1.44. The van der Waals surface area contributed by atoms with Crippen molar-refractivity contribution >= 4 is 17.6 Å². The average Bonchev–Trinajstić information content (AvgIpc) is 3.33. The van der Waals surface area contributed by atoms with Crippen molar-refractivity contribution < 1.29 is 9.59 Å². The molecule has 1 N–H and O–H groups in total. The van der Waals surface area contributed by atoms with Crippen LogP contribution in [0.2, 0.25) is 0 Å². The minimum Gasteiger partial charge on any atom is -0.337 e. The monoisotopic (exact) mass is 380 g/mol. The first-order valence-corrected chi connectivity index (χ1v) is 8.93. The van der Waals surface area contributed by atoms with Gasteiger partial charge in [-0.05, 0) is 25.0 Å². The van der Waals surface area contributed by atoms with Gasteiger partial charge in [0.25, 0.3) is 11.8 Å². The number of rotatable bonds is 4. The summed E-state index contributed by atoms with van der Waals surface area (Å²) in [7, 11) is 1.67. The lowest BCUT2D eigenvalue weighted by atomic mass is 10.2. The third kappa shape index (κ3) is 3.36. The van der Waals surface area contributed by atoms with Gasteiger partial charge in [0.2, 0.25) is 5.82 Å². The molecule has 0 aliphatic carbocycles. The molecular weight excluding hydrogens is 360 g/mol.